The summed E-state index contributed by atoms with van der Waals surface area (Å²) >= 11 is 6.20. The van der Waals surface area contributed by atoms with Crippen molar-refractivity contribution < 1.29 is 9.90 Å². The molecule has 136 valence electrons. The van der Waals surface area contributed by atoms with Gasteiger partial charge >= 0.3 is 0 Å². The number of hydrogen-bond acceptors (Lipinski definition) is 2. The molecule has 3 rings (SSSR count). The zero-order chi connectivity index (χ0) is 18.9. The average molecular weight is 371 g/mol. The van der Waals surface area contributed by atoms with Crippen molar-refractivity contribution in [3.05, 3.63) is 59.2 Å². The molecule has 0 spiro atoms. The second kappa shape index (κ2) is 7.14. The molecule has 2 N–H and O–H groups in total. The number of aromatic amines is 1. The van der Waals surface area contributed by atoms with E-state index in [2.05, 4.69) is 4.98 Å². The van der Waals surface area contributed by atoms with E-state index in [0.29, 0.717) is 17.3 Å². The van der Waals surface area contributed by atoms with Crippen molar-refractivity contribution in [3.63, 3.8) is 0 Å². The summed E-state index contributed by atoms with van der Waals surface area (Å²) in [6.45, 7) is 4.32. The van der Waals surface area contributed by atoms with Crippen LogP contribution in [-0.2, 0) is 0 Å². The van der Waals surface area contributed by atoms with Crippen LogP contribution in [0.1, 0.15) is 24.3 Å². The Labute approximate surface area is 158 Å². The minimum absolute atomic E-state index is 0.0124. The molecule has 1 amide bonds. The minimum Gasteiger partial charge on any atom is -0.396 e. The predicted molar refractivity (Wildman–Crippen MR) is 107 cm³/mol. The van der Waals surface area contributed by atoms with Crippen molar-refractivity contribution in [1.29, 1.82) is 0 Å². The number of aliphatic hydroxyl groups is 1. The van der Waals surface area contributed by atoms with E-state index in [9.17, 15) is 9.90 Å². The van der Waals surface area contributed by atoms with Crippen LogP contribution < -0.4 is 0 Å². The molecule has 1 heterocycles. The normalized spacial score (nSPS) is 11.7. The van der Waals surface area contributed by atoms with Gasteiger partial charge in [-0.1, -0.05) is 55.8 Å². The van der Waals surface area contributed by atoms with Crippen LogP contribution in [0.25, 0.3) is 22.0 Å². The van der Waals surface area contributed by atoms with Crippen molar-refractivity contribution in [1.82, 2.24) is 9.88 Å². The maximum absolute atomic E-state index is 13.2. The largest absolute Gasteiger partial charge is 0.396 e. The Bertz CT molecular complexity index is 932. The van der Waals surface area contributed by atoms with Crippen molar-refractivity contribution in [2.75, 3.05) is 20.2 Å². The molecule has 0 saturated heterocycles. The topological polar surface area (TPSA) is 56.3 Å². The molecule has 3 aromatic rings. The zero-order valence-corrected chi connectivity index (χ0v) is 16.0. The molecule has 5 heteroatoms. The fraction of sp³-hybridized carbons (Fsp3) is 0.286. The summed E-state index contributed by atoms with van der Waals surface area (Å²) in [5, 5.41) is 11.1. The van der Waals surface area contributed by atoms with E-state index in [4.69, 9.17) is 11.6 Å². The van der Waals surface area contributed by atoms with Gasteiger partial charge in [-0.15, -0.1) is 0 Å². The number of amides is 1. The molecule has 1 aromatic heterocycles. The van der Waals surface area contributed by atoms with Crippen LogP contribution in [0.5, 0.6) is 0 Å². The summed E-state index contributed by atoms with van der Waals surface area (Å²) in [5.74, 6) is -0.113. The predicted octanol–water partition coefficient (Wildman–Crippen LogP) is 4.58. The van der Waals surface area contributed by atoms with Crippen LogP contribution in [0.2, 0.25) is 5.02 Å². The molecule has 0 unspecified atom stereocenters. The van der Waals surface area contributed by atoms with Crippen LogP contribution in [0.15, 0.2) is 48.5 Å². The van der Waals surface area contributed by atoms with Gasteiger partial charge in [-0.05, 0) is 23.8 Å². The lowest BCUT2D eigenvalue weighted by atomic mass is 9.94. The first kappa shape index (κ1) is 18.5. The highest BCUT2D eigenvalue weighted by molar-refractivity contribution is 6.31. The van der Waals surface area contributed by atoms with Gasteiger partial charge in [-0.2, -0.15) is 0 Å². The Morgan fingerprint density at radius 2 is 1.88 bits per heavy atom. The number of fused-ring (bicyclic) bond motifs is 1. The van der Waals surface area contributed by atoms with E-state index in [1.54, 1.807) is 11.9 Å². The van der Waals surface area contributed by atoms with Crippen molar-refractivity contribution in [2.45, 2.75) is 13.8 Å². The van der Waals surface area contributed by atoms with Gasteiger partial charge in [-0.25, -0.2) is 0 Å². The molecule has 0 aliphatic heterocycles. The van der Waals surface area contributed by atoms with E-state index >= 15 is 0 Å². The number of benzene rings is 2. The Morgan fingerprint density at radius 1 is 1.19 bits per heavy atom. The SMILES string of the molecule is CN(CC(C)(C)CO)C(=O)c1[nH]c2ccc(Cl)cc2c1-c1ccccc1. The average Bonchev–Trinajstić information content (AvgIpc) is 2.99. The van der Waals surface area contributed by atoms with Crippen LogP contribution in [0.3, 0.4) is 0 Å². The highest BCUT2D eigenvalue weighted by Crippen LogP contribution is 2.34. The Kier molecular flexibility index (Phi) is 5.08. The first-order chi connectivity index (χ1) is 12.3. The number of hydrogen-bond donors (Lipinski definition) is 2. The monoisotopic (exact) mass is 370 g/mol. The number of nitrogens with zero attached hydrogens (tertiary/aromatic N) is 1. The molecule has 4 nitrogen and oxygen atoms in total. The number of halogens is 1. The van der Waals surface area contributed by atoms with Gasteiger partial charge in [-0.3, -0.25) is 4.79 Å². The van der Waals surface area contributed by atoms with Crippen LogP contribution in [0, 0.1) is 5.41 Å². The molecule has 0 atom stereocenters. The Hall–Kier alpha value is -2.30. The summed E-state index contributed by atoms with van der Waals surface area (Å²) < 4.78 is 0. The number of carbonyl (C=O) groups is 1. The third kappa shape index (κ3) is 3.62. The van der Waals surface area contributed by atoms with Gasteiger partial charge in [0.15, 0.2) is 0 Å². The van der Waals surface area contributed by atoms with Gasteiger partial charge in [0.25, 0.3) is 5.91 Å². The maximum Gasteiger partial charge on any atom is 0.270 e. The van der Waals surface area contributed by atoms with Crippen LogP contribution >= 0.6 is 11.6 Å². The molecular formula is C21H23ClN2O2. The Morgan fingerprint density at radius 3 is 2.54 bits per heavy atom. The maximum atomic E-state index is 13.2. The molecular weight excluding hydrogens is 348 g/mol. The number of aliphatic hydroxyl groups excluding tert-OH is 1. The number of carbonyl (C=O) groups excluding carboxylic acids is 1. The number of aromatic nitrogens is 1. The van der Waals surface area contributed by atoms with Gasteiger partial charge in [0.1, 0.15) is 5.69 Å². The quantitative estimate of drug-likeness (QED) is 0.690. The van der Waals surface area contributed by atoms with E-state index in [-0.39, 0.29) is 17.9 Å². The summed E-state index contributed by atoms with van der Waals surface area (Å²) in [5.41, 5.74) is 2.84. The second-order valence-corrected chi connectivity index (χ2v) is 7.85. The third-order valence-electron chi connectivity index (χ3n) is 4.48. The summed E-state index contributed by atoms with van der Waals surface area (Å²) in [6.07, 6.45) is 0. The fourth-order valence-electron chi connectivity index (χ4n) is 3.18. The van der Waals surface area contributed by atoms with Crippen molar-refractivity contribution in [2.24, 2.45) is 5.41 Å². The standard InChI is InChI=1S/C21H23ClN2O2/c1-21(2,13-25)12-24(3)20(26)19-18(14-7-5-4-6-8-14)16-11-15(22)9-10-17(16)23-19/h4-11,23,25H,12-13H2,1-3H3. The van der Waals surface area contributed by atoms with E-state index in [0.717, 1.165) is 22.0 Å². The molecule has 0 aliphatic carbocycles. The summed E-state index contributed by atoms with van der Waals surface area (Å²) in [4.78, 5) is 18.1. The van der Waals surface area contributed by atoms with Crippen LogP contribution in [0.4, 0.5) is 0 Å². The van der Waals surface area contributed by atoms with Gasteiger partial charge < -0.3 is 15.0 Å². The van der Waals surface area contributed by atoms with E-state index in [1.807, 2.05) is 62.4 Å². The second-order valence-electron chi connectivity index (χ2n) is 7.41. The molecule has 0 bridgehead atoms. The molecule has 26 heavy (non-hydrogen) atoms. The highest BCUT2D eigenvalue weighted by atomic mass is 35.5. The number of nitrogens with one attached hydrogen (secondary N) is 1. The number of H-pyrrole nitrogens is 1. The Balaban J connectivity index is 2.12. The summed E-state index contributed by atoms with van der Waals surface area (Å²) in [7, 11) is 1.76. The van der Waals surface area contributed by atoms with Gasteiger partial charge in [0, 0.05) is 47.1 Å². The lowest BCUT2D eigenvalue weighted by Crippen LogP contribution is -2.38. The summed E-state index contributed by atoms with van der Waals surface area (Å²) in [6, 6.07) is 15.4. The molecule has 0 aliphatic rings. The first-order valence-corrected chi connectivity index (χ1v) is 8.93. The molecule has 0 saturated carbocycles. The lowest BCUT2D eigenvalue weighted by Gasteiger charge is -2.28. The first-order valence-electron chi connectivity index (χ1n) is 8.55. The molecule has 2 aromatic carbocycles. The van der Waals surface area contributed by atoms with E-state index in [1.165, 1.54) is 0 Å². The highest BCUT2D eigenvalue weighted by Gasteiger charge is 2.26. The van der Waals surface area contributed by atoms with E-state index < -0.39 is 0 Å². The molecule has 0 fully saturated rings. The zero-order valence-electron chi connectivity index (χ0n) is 15.2. The third-order valence-corrected chi connectivity index (χ3v) is 4.71. The van der Waals surface area contributed by atoms with Gasteiger partial charge in [0.2, 0.25) is 0 Å². The molecule has 0 radical (unpaired) electrons. The minimum atomic E-state index is -0.368. The van der Waals surface area contributed by atoms with Crippen LogP contribution in [-0.4, -0.2) is 41.1 Å². The number of rotatable bonds is 5. The lowest BCUT2D eigenvalue weighted by molar-refractivity contribution is 0.0660. The van der Waals surface area contributed by atoms with Crippen molar-refractivity contribution in [3.8, 4) is 11.1 Å². The van der Waals surface area contributed by atoms with Gasteiger partial charge in [0.05, 0.1) is 0 Å². The van der Waals surface area contributed by atoms with Crippen molar-refractivity contribution >= 4 is 28.4 Å². The fourth-order valence-corrected chi connectivity index (χ4v) is 3.36. The smallest absolute Gasteiger partial charge is 0.270 e.